The summed E-state index contributed by atoms with van der Waals surface area (Å²) in [5.74, 6) is -3.94. The highest BCUT2D eigenvalue weighted by atomic mass is 19.1. The maximum absolute atomic E-state index is 16.0. The number of benzene rings is 2. The van der Waals surface area contributed by atoms with Crippen molar-refractivity contribution in [1.82, 2.24) is 25.8 Å². The van der Waals surface area contributed by atoms with Crippen molar-refractivity contribution in [2.75, 3.05) is 26.2 Å². The molecule has 0 saturated heterocycles. The van der Waals surface area contributed by atoms with E-state index in [-0.39, 0.29) is 36.2 Å². The summed E-state index contributed by atoms with van der Waals surface area (Å²) >= 11 is 0. The van der Waals surface area contributed by atoms with Crippen molar-refractivity contribution >= 4 is 34.8 Å². The molecule has 1 aliphatic rings. The third kappa shape index (κ3) is 8.55. The summed E-state index contributed by atoms with van der Waals surface area (Å²) in [5, 5.41) is 19.6. The minimum absolute atomic E-state index is 0.0944. The smallest absolute Gasteiger partial charge is 0.407 e. The number of aromatic nitrogens is 1. The summed E-state index contributed by atoms with van der Waals surface area (Å²) in [6.07, 6.45) is 2.80. The van der Waals surface area contributed by atoms with Crippen LogP contribution >= 0.6 is 0 Å². The van der Waals surface area contributed by atoms with Crippen molar-refractivity contribution in [2.45, 2.75) is 51.7 Å². The molecule has 1 aliphatic heterocycles. The molecule has 0 saturated carbocycles. The fourth-order valence-electron chi connectivity index (χ4n) is 4.73. The Bertz CT molecular complexity index is 1630. The molecular weight excluding hydrogens is 590 g/mol. The number of rotatable bonds is 13. The molecule has 5 N–H and O–H groups in total. The van der Waals surface area contributed by atoms with Gasteiger partial charge in [-0.15, -0.1) is 0 Å². The van der Waals surface area contributed by atoms with Crippen LogP contribution in [0.25, 0.3) is 10.9 Å². The van der Waals surface area contributed by atoms with Gasteiger partial charge in [-0.1, -0.05) is 43.7 Å². The average Bonchev–Trinajstić information content (AvgIpc) is 3.03. The highest BCUT2D eigenvalue weighted by Gasteiger charge is 2.25. The summed E-state index contributed by atoms with van der Waals surface area (Å²) < 4.78 is 37.6. The number of nitrogens with one attached hydrogen (secondary N) is 4. The van der Waals surface area contributed by atoms with Crippen molar-refractivity contribution in [3.05, 3.63) is 81.1 Å². The van der Waals surface area contributed by atoms with Crippen LogP contribution in [0, 0.1) is 11.6 Å². The van der Waals surface area contributed by atoms with Gasteiger partial charge in [-0.2, -0.15) is 0 Å². The van der Waals surface area contributed by atoms with Gasteiger partial charge in [0.1, 0.15) is 17.4 Å². The summed E-state index contributed by atoms with van der Waals surface area (Å²) in [5.41, 5.74) is -0.959. The molecule has 0 fully saturated rings. The standard InChI is InChI=1S/C31H36F2N6O6/c1-2-3-14-45-31(44)38-24(29(42)43)17-36-28(41)22-18-39(13-10-19-8-5-4-6-9-19)26-20(27(22)40)15-23(32)21(25(26)33)16-37-30-34-11-7-12-35-30/h4-6,8-9,15,18,24H,2-3,7,10-14,16-17H2,1H3,(H,36,41)(H,38,44)(H,42,43)(H2,34,35,37). The number of aliphatic carboxylic acids is 1. The molecule has 1 atom stereocenters. The van der Waals surface area contributed by atoms with Gasteiger partial charge in [0.15, 0.2) is 11.8 Å². The van der Waals surface area contributed by atoms with Gasteiger partial charge in [-0.05, 0) is 30.9 Å². The lowest BCUT2D eigenvalue weighted by molar-refractivity contribution is -0.139. The molecule has 1 unspecified atom stereocenters. The fourth-order valence-corrected chi connectivity index (χ4v) is 4.73. The number of guanidine groups is 1. The van der Waals surface area contributed by atoms with E-state index in [1.165, 1.54) is 10.8 Å². The van der Waals surface area contributed by atoms with Crippen LogP contribution in [0.3, 0.4) is 0 Å². The summed E-state index contributed by atoms with van der Waals surface area (Å²) in [6.45, 7) is 2.55. The van der Waals surface area contributed by atoms with Crippen molar-refractivity contribution in [3.8, 4) is 0 Å². The first-order chi connectivity index (χ1) is 21.7. The van der Waals surface area contributed by atoms with Gasteiger partial charge in [-0.25, -0.2) is 18.4 Å². The zero-order valence-corrected chi connectivity index (χ0v) is 24.8. The topological polar surface area (TPSA) is 163 Å². The zero-order chi connectivity index (χ0) is 32.3. The number of nitrogens with zero attached hydrogens (tertiary/aromatic N) is 2. The number of aryl methyl sites for hydroxylation is 2. The number of hydrogen-bond acceptors (Lipinski definition) is 8. The van der Waals surface area contributed by atoms with Crippen LogP contribution in [0.5, 0.6) is 0 Å². The van der Waals surface area contributed by atoms with E-state index in [2.05, 4.69) is 26.3 Å². The Hall–Kier alpha value is -5.01. The number of pyridine rings is 1. The Morgan fingerprint density at radius 3 is 2.67 bits per heavy atom. The SMILES string of the molecule is CCCCOC(=O)NC(CNC(=O)c1cn(CCc2ccccc2)c2c(F)c(CNC3=NCCCN3)c(F)cc2c1=O)C(=O)O. The molecule has 2 heterocycles. The second-order valence-corrected chi connectivity index (χ2v) is 10.4. The Kier molecular flexibility index (Phi) is 11.4. The summed E-state index contributed by atoms with van der Waals surface area (Å²) in [6, 6.07) is 8.60. The minimum atomic E-state index is -1.56. The van der Waals surface area contributed by atoms with Crippen molar-refractivity contribution in [3.63, 3.8) is 0 Å². The number of carbonyl (C=O) groups is 3. The molecule has 14 heteroatoms. The second-order valence-electron chi connectivity index (χ2n) is 10.4. The van der Waals surface area contributed by atoms with E-state index >= 15 is 8.78 Å². The average molecular weight is 627 g/mol. The molecule has 4 rings (SSSR count). The molecule has 12 nitrogen and oxygen atoms in total. The number of unbranched alkanes of at least 4 members (excludes halogenated alkanes) is 1. The van der Waals surface area contributed by atoms with Gasteiger partial charge in [0.05, 0.1) is 17.5 Å². The lowest BCUT2D eigenvalue weighted by Crippen LogP contribution is -2.49. The molecule has 45 heavy (non-hydrogen) atoms. The van der Waals surface area contributed by atoms with E-state index in [1.807, 2.05) is 37.3 Å². The normalized spacial score (nSPS) is 13.4. The van der Waals surface area contributed by atoms with Crippen LogP contribution in [-0.4, -0.2) is 65.9 Å². The van der Waals surface area contributed by atoms with Gasteiger partial charge in [0.25, 0.3) is 5.91 Å². The van der Waals surface area contributed by atoms with Crippen LogP contribution in [0.2, 0.25) is 0 Å². The monoisotopic (exact) mass is 626 g/mol. The highest BCUT2D eigenvalue weighted by Crippen LogP contribution is 2.24. The van der Waals surface area contributed by atoms with Gasteiger partial charge < -0.3 is 35.7 Å². The zero-order valence-electron chi connectivity index (χ0n) is 24.8. The van der Waals surface area contributed by atoms with E-state index in [0.717, 1.165) is 24.5 Å². The number of hydrogen-bond donors (Lipinski definition) is 5. The molecule has 2 aromatic carbocycles. The van der Waals surface area contributed by atoms with Crippen LogP contribution in [-0.2, 0) is 29.0 Å². The first-order valence-electron chi connectivity index (χ1n) is 14.7. The molecular formula is C31H36F2N6O6. The number of halogens is 2. The number of carboxylic acids is 1. The van der Waals surface area contributed by atoms with Crippen molar-refractivity contribution < 1.29 is 33.0 Å². The van der Waals surface area contributed by atoms with Crippen LogP contribution in [0.4, 0.5) is 13.6 Å². The summed E-state index contributed by atoms with van der Waals surface area (Å²) in [4.78, 5) is 54.6. The first-order valence-corrected chi connectivity index (χ1v) is 14.7. The van der Waals surface area contributed by atoms with Crippen LogP contribution < -0.4 is 26.7 Å². The molecule has 0 radical (unpaired) electrons. The Balaban J connectivity index is 1.64. The maximum atomic E-state index is 16.0. The molecule has 1 aromatic heterocycles. The number of carbonyl (C=O) groups excluding carboxylic acids is 2. The molecule has 0 bridgehead atoms. The van der Waals surface area contributed by atoms with Gasteiger partial charge in [0.2, 0.25) is 5.43 Å². The van der Waals surface area contributed by atoms with Crippen LogP contribution in [0.15, 0.2) is 52.4 Å². The van der Waals surface area contributed by atoms with Crippen molar-refractivity contribution in [2.24, 2.45) is 4.99 Å². The molecule has 0 spiro atoms. The number of ether oxygens (including phenoxy) is 1. The van der Waals surface area contributed by atoms with E-state index < -0.39 is 53.2 Å². The maximum Gasteiger partial charge on any atom is 0.407 e. The van der Waals surface area contributed by atoms with E-state index in [0.29, 0.717) is 31.9 Å². The lowest BCUT2D eigenvalue weighted by Gasteiger charge is -2.19. The second kappa shape index (κ2) is 15.6. The number of carboxylic acid groups (broad SMARTS) is 1. The van der Waals surface area contributed by atoms with E-state index in [1.54, 1.807) is 0 Å². The van der Waals surface area contributed by atoms with Crippen LogP contribution in [0.1, 0.15) is 47.7 Å². The van der Waals surface area contributed by atoms with Crippen molar-refractivity contribution in [1.29, 1.82) is 0 Å². The largest absolute Gasteiger partial charge is 0.480 e. The predicted molar refractivity (Wildman–Crippen MR) is 163 cm³/mol. The Morgan fingerprint density at radius 1 is 1.20 bits per heavy atom. The summed E-state index contributed by atoms with van der Waals surface area (Å²) in [7, 11) is 0. The molecule has 0 aliphatic carbocycles. The minimum Gasteiger partial charge on any atom is -0.480 e. The predicted octanol–water partition coefficient (Wildman–Crippen LogP) is 2.67. The van der Waals surface area contributed by atoms with Gasteiger partial charge in [-0.3, -0.25) is 14.6 Å². The number of fused-ring (bicyclic) bond motifs is 1. The molecule has 2 amide bonds. The number of aliphatic imine (C=N–C) groups is 1. The third-order valence-corrected chi connectivity index (χ3v) is 7.20. The Morgan fingerprint density at radius 2 is 1.98 bits per heavy atom. The Labute approximate surface area is 257 Å². The third-order valence-electron chi connectivity index (χ3n) is 7.20. The van der Waals surface area contributed by atoms with Gasteiger partial charge >= 0.3 is 12.1 Å². The first kappa shape index (κ1) is 32.9. The fraction of sp³-hybridized carbons (Fsp3) is 0.387. The molecule has 240 valence electrons. The van der Waals surface area contributed by atoms with E-state index in [4.69, 9.17) is 4.74 Å². The number of amides is 2. The highest BCUT2D eigenvalue weighted by molar-refractivity contribution is 5.98. The lowest BCUT2D eigenvalue weighted by atomic mass is 10.0. The quantitative estimate of drug-likeness (QED) is 0.181. The molecule has 3 aromatic rings. The van der Waals surface area contributed by atoms with E-state index in [9.17, 15) is 24.3 Å². The number of alkyl carbamates (subject to hydrolysis) is 1. The van der Waals surface area contributed by atoms with Gasteiger partial charge in [0, 0.05) is 44.5 Å².